The van der Waals surface area contributed by atoms with Gasteiger partial charge in [0.15, 0.2) is 5.76 Å². The van der Waals surface area contributed by atoms with Gasteiger partial charge in [-0.15, -0.1) is 0 Å². The average molecular weight is 449 g/mol. The van der Waals surface area contributed by atoms with Crippen molar-refractivity contribution >= 4 is 21.6 Å². The number of sulfonamides is 1. The first-order chi connectivity index (χ1) is 14.8. The topological polar surface area (TPSA) is 107 Å². The summed E-state index contributed by atoms with van der Waals surface area (Å²) in [6, 6.07) is 7.18. The molecule has 9 nitrogen and oxygen atoms in total. The number of carbonyl (C=O) groups is 1. The van der Waals surface area contributed by atoms with E-state index in [1.807, 2.05) is 17.0 Å². The molecule has 168 valence electrons. The van der Waals surface area contributed by atoms with Crippen LogP contribution in [0.1, 0.15) is 24.3 Å². The number of aryl methyl sites for hydroxylation is 2. The number of hydrogen-bond acceptors (Lipinski definition) is 7. The number of phenolic OH excluding ortho intramolecular Hbond substituents is 1. The molecule has 3 heterocycles. The Kier molecular flexibility index (Phi) is 5.94. The fraction of sp³-hybridized carbons (Fsp3) is 0.524. The van der Waals surface area contributed by atoms with Crippen LogP contribution in [0.15, 0.2) is 33.7 Å². The van der Waals surface area contributed by atoms with Gasteiger partial charge in [0.05, 0.1) is 11.6 Å². The minimum absolute atomic E-state index is 0.00408. The van der Waals surface area contributed by atoms with Gasteiger partial charge in [0.2, 0.25) is 15.9 Å². The van der Waals surface area contributed by atoms with Crippen molar-refractivity contribution in [1.82, 2.24) is 14.4 Å². The van der Waals surface area contributed by atoms with Gasteiger partial charge in [0.25, 0.3) is 0 Å². The number of aromatic nitrogens is 1. The van der Waals surface area contributed by atoms with E-state index < -0.39 is 10.0 Å². The summed E-state index contributed by atoms with van der Waals surface area (Å²) in [7, 11) is -3.76. The van der Waals surface area contributed by atoms with Crippen molar-refractivity contribution in [3.63, 3.8) is 0 Å². The summed E-state index contributed by atoms with van der Waals surface area (Å²) in [5, 5.41) is 13.8. The minimum Gasteiger partial charge on any atom is -0.506 e. The highest BCUT2D eigenvalue weighted by atomic mass is 32.2. The molecule has 31 heavy (non-hydrogen) atoms. The molecule has 1 unspecified atom stereocenters. The lowest BCUT2D eigenvalue weighted by Gasteiger charge is -2.39. The Morgan fingerprint density at radius 1 is 1.13 bits per heavy atom. The van der Waals surface area contributed by atoms with E-state index in [0.717, 1.165) is 5.69 Å². The number of piperidine rings is 1. The van der Waals surface area contributed by atoms with Crippen LogP contribution in [-0.2, 0) is 14.8 Å². The van der Waals surface area contributed by atoms with Crippen molar-refractivity contribution < 1.29 is 22.8 Å². The van der Waals surface area contributed by atoms with Crippen LogP contribution < -0.4 is 4.90 Å². The number of aromatic hydroxyl groups is 1. The molecule has 0 radical (unpaired) electrons. The summed E-state index contributed by atoms with van der Waals surface area (Å²) in [4.78, 5) is 17.1. The Labute approximate surface area is 182 Å². The van der Waals surface area contributed by atoms with E-state index in [2.05, 4.69) is 10.1 Å². The smallest absolute Gasteiger partial charge is 0.248 e. The first-order valence-corrected chi connectivity index (χ1v) is 12.0. The molecule has 0 bridgehead atoms. The predicted molar refractivity (Wildman–Crippen MR) is 114 cm³/mol. The highest BCUT2D eigenvalue weighted by Gasteiger charge is 2.38. The van der Waals surface area contributed by atoms with Crippen LogP contribution in [0.4, 0.5) is 5.69 Å². The number of phenols is 1. The van der Waals surface area contributed by atoms with Gasteiger partial charge in [0, 0.05) is 39.3 Å². The molecule has 4 rings (SSSR count). The van der Waals surface area contributed by atoms with Gasteiger partial charge in [-0.1, -0.05) is 17.3 Å². The highest BCUT2D eigenvalue weighted by molar-refractivity contribution is 7.89. The van der Waals surface area contributed by atoms with Crippen molar-refractivity contribution in [2.45, 2.75) is 31.6 Å². The summed E-state index contributed by atoms with van der Waals surface area (Å²) >= 11 is 0. The average Bonchev–Trinajstić information content (AvgIpc) is 3.12. The number of nitrogens with zero attached hydrogens (tertiary/aromatic N) is 4. The van der Waals surface area contributed by atoms with Crippen molar-refractivity contribution in [1.29, 1.82) is 0 Å². The lowest BCUT2D eigenvalue weighted by molar-refractivity contribution is -0.137. The molecule has 0 spiro atoms. The lowest BCUT2D eigenvalue weighted by Crippen LogP contribution is -2.53. The van der Waals surface area contributed by atoms with E-state index in [1.54, 1.807) is 26.0 Å². The molecule has 2 aliphatic heterocycles. The van der Waals surface area contributed by atoms with Crippen molar-refractivity contribution in [3.8, 4) is 5.75 Å². The van der Waals surface area contributed by atoms with Crippen LogP contribution in [0.5, 0.6) is 5.75 Å². The third kappa shape index (κ3) is 4.14. The standard InChI is InChI=1S/C21H28N4O5S/c1-15-20(16(2)30-22-15)31(28,29)25-9-5-6-17(14-25)21(27)24-12-10-23(11-13-24)18-7-3-4-8-19(18)26/h3-4,7-8,17,26H,5-6,9-14H2,1-2H3. The Morgan fingerprint density at radius 2 is 1.84 bits per heavy atom. The number of hydrogen-bond donors (Lipinski definition) is 1. The molecule has 0 aliphatic carbocycles. The quantitative estimate of drug-likeness (QED) is 0.759. The van der Waals surface area contributed by atoms with E-state index in [4.69, 9.17) is 4.52 Å². The van der Waals surface area contributed by atoms with Crippen molar-refractivity contribution in [2.75, 3.05) is 44.2 Å². The van der Waals surface area contributed by atoms with E-state index in [1.165, 1.54) is 4.31 Å². The van der Waals surface area contributed by atoms with Crippen molar-refractivity contribution in [2.24, 2.45) is 5.92 Å². The summed E-state index contributed by atoms with van der Waals surface area (Å²) in [6.45, 7) is 6.08. The molecule has 2 saturated heterocycles. The zero-order valence-electron chi connectivity index (χ0n) is 17.8. The number of amides is 1. The second-order valence-corrected chi connectivity index (χ2v) is 10.0. The fourth-order valence-electron chi connectivity index (χ4n) is 4.49. The van der Waals surface area contributed by atoms with Gasteiger partial charge >= 0.3 is 0 Å². The third-order valence-electron chi connectivity index (χ3n) is 6.11. The number of anilines is 1. The zero-order valence-corrected chi connectivity index (χ0v) is 18.6. The monoisotopic (exact) mass is 448 g/mol. The molecule has 2 fully saturated rings. The van der Waals surface area contributed by atoms with E-state index >= 15 is 0 Å². The number of benzene rings is 1. The Bertz CT molecular complexity index is 1040. The summed E-state index contributed by atoms with van der Waals surface area (Å²) < 4.78 is 32.7. The Balaban J connectivity index is 1.41. The maximum absolute atomic E-state index is 13.2. The molecule has 1 atom stereocenters. The normalized spacial score (nSPS) is 20.8. The number of para-hydroxylation sites is 2. The summed E-state index contributed by atoms with van der Waals surface area (Å²) in [5.41, 5.74) is 1.11. The lowest BCUT2D eigenvalue weighted by atomic mass is 9.97. The Hall–Kier alpha value is -2.59. The van der Waals surface area contributed by atoms with Crippen LogP contribution in [0.25, 0.3) is 0 Å². The third-order valence-corrected chi connectivity index (χ3v) is 8.22. The number of piperazine rings is 1. The van der Waals surface area contributed by atoms with Crippen LogP contribution in [0, 0.1) is 19.8 Å². The molecule has 2 aromatic rings. The van der Waals surface area contributed by atoms with Gasteiger partial charge in [-0.3, -0.25) is 4.79 Å². The molecule has 1 amide bonds. The first-order valence-electron chi connectivity index (χ1n) is 10.5. The minimum atomic E-state index is -3.76. The number of rotatable bonds is 4. The van der Waals surface area contributed by atoms with Gasteiger partial charge in [0.1, 0.15) is 16.3 Å². The van der Waals surface area contributed by atoms with E-state index in [0.29, 0.717) is 51.3 Å². The highest BCUT2D eigenvalue weighted by Crippen LogP contribution is 2.30. The molecule has 1 N–H and O–H groups in total. The molecular weight excluding hydrogens is 420 g/mol. The second-order valence-electron chi connectivity index (χ2n) is 8.16. The molecular formula is C21H28N4O5S. The molecule has 0 saturated carbocycles. The maximum atomic E-state index is 13.2. The van der Waals surface area contributed by atoms with Crippen molar-refractivity contribution in [3.05, 3.63) is 35.7 Å². The van der Waals surface area contributed by atoms with Gasteiger partial charge in [-0.2, -0.15) is 4.31 Å². The number of carbonyl (C=O) groups excluding carboxylic acids is 1. The molecule has 1 aromatic carbocycles. The molecule has 1 aromatic heterocycles. The largest absolute Gasteiger partial charge is 0.506 e. The molecule has 2 aliphatic rings. The van der Waals surface area contributed by atoms with Gasteiger partial charge in [-0.25, -0.2) is 8.42 Å². The molecule has 10 heteroatoms. The van der Waals surface area contributed by atoms with Crippen LogP contribution in [-0.4, -0.2) is 73.1 Å². The van der Waals surface area contributed by atoms with Crippen LogP contribution in [0.3, 0.4) is 0 Å². The van der Waals surface area contributed by atoms with E-state index in [9.17, 15) is 18.3 Å². The zero-order chi connectivity index (χ0) is 22.2. The second kappa shape index (κ2) is 8.51. The van der Waals surface area contributed by atoms with E-state index in [-0.39, 0.29) is 34.8 Å². The Morgan fingerprint density at radius 3 is 2.48 bits per heavy atom. The SMILES string of the molecule is Cc1noc(C)c1S(=O)(=O)N1CCCC(C(=O)N2CCN(c3ccccc3O)CC2)C1. The van der Waals surface area contributed by atoms with Gasteiger partial charge < -0.3 is 19.4 Å². The summed E-state index contributed by atoms with van der Waals surface area (Å²) in [6.07, 6.45) is 1.31. The van der Waals surface area contributed by atoms with Gasteiger partial charge in [-0.05, 0) is 38.8 Å². The first kappa shape index (κ1) is 21.6. The van der Waals surface area contributed by atoms with Crippen LogP contribution in [0.2, 0.25) is 0 Å². The summed E-state index contributed by atoms with van der Waals surface area (Å²) in [5.74, 6) is 0.136. The predicted octanol–water partition coefficient (Wildman–Crippen LogP) is 1.75. The van der Waals surface area contributed by atoms with Crippen LogP contribution >= 0.6 is 0 Å². The fourth-order valence-corrected chi connectivity index (χ4v) is 6.31. The maximum Gasteiger partial charge on any atom is 0.248 e.